The van der Waals surface area contributed by atoms with Gasteiger partial charge in [0.25, 0.3) is 0 Å². The van der Waals surface area contributed by atoms with Crippen LogP contribution in [-0.4, -0.2) is 9.55 Å². The number of fused-ring (bicyclic) bond motifs is 1. The predicted octanol–water partition coefficient (Wildman–Crippen LogP) is 5.38. The van der Waals surface area contributed by atoms with Gasteiger partial charge in [-0.1, -0.05) is 35.4 Å². The van der Waals surface area contributed by atoms with E-state index in [2.05, 4.69) is 44.0 Å². The molecule has 0 amide bonds. The van der Waals surface area contributed by atoms with E-state index in [-0.39, 0.29) is 0 Å². The largest absolute Gasteiger partial charge is 0.311 e. The Labute approximate surface area is 125 Å². The van der Waals surface area contributed by atoms with Gasteiger partial charge in [-0.05, 0) is 57.3 Å². The first-order valence-electron chi connectivity index (χ1n) is 6.97. The quantitative estimate of drug-likeness (QED) is 0.675. The number of halogens is 1. The molecular weight excluding hydrogens is 268 g/mol. The molecule has 0 aliphatic heterocycles. The number of hydrogen-bond donors (Lipinski definition) is 0. The van der Waals surface area contributed by atoms with Gasteiger partial charge in [0.05, 0.1) is 11.0 Å². The first-order chi connectivity index (χ1) is 9.58. The third-order valence-corrected chi connectivity index (χ3v) is 3.61. The van der Waals surface area contributed by atoms with Gasteiger partial charge in [-0.2, -0.15) is 0 Å². The highest BCUT2D eigenvalue weighted by atomic mass is 35.5. The molecule has 0 aliphatic rings. The van der Waals surface area contributed by atoms with Crippen LogP contribution in [0.5, 0.6) is 0 Å². The Morgan fingerprint density at radius 1 is 1.20 bits per heavy atom. The maximum Gasteiger partial charge on any atom is 0.204 e. The van der Waals surface area contributed by atoms with Crippen molar-refractivity contribution in [3.8, 4) is 0 Å². The lowest BCUT2D eigenvalue weighted by Gasteiger charge is -2.04. The summed E-state index contributed by atoms with van der Waals surface area (Å²) < 4.78 is 2.04. The minimum Gasteiger partial charge on any atom is -0.311 e. The van der Waals surface area contributed by atoms with Crippen molar-refractivity contribution in [2.45, 2.75) is 40.2 Å². The van der Waals surface area contributed by atoms with Crippen LogP contribution in [0.1, 0.15) is 33.6 Å². The van der Waals surface area contributed by atoms with Crippen LogP contribution in [0, 0.1) is 0 Å². The minimum atomic E-state index is 0.555. The summed E-state index contributed by atoms with van der Waals surface area (Å²) in [4.78, 5) is 4.37. The molecule has 2 aromatic rings. The topological polar surface area (TPSA) is 17.8 Å². The van der Waals surface area contributed by atoms with Gasteiger partial charge in [0.1, 0.15) is 0 Å². The molecule has 0 unspecified atom stereocenters. The molecule has 0 fully saturated rings. The fourth-order valence-electron chi connectivity index (χ4n) is 2.16. The molecule has 106 valence electrons. The summed E-state index contributed by atoms with van der Waals surface area (Å²) in [6.45, 7) is 7.22. The first-order valence-corrected chi connectivity index (χ1v) is 7.35. The van der Waals surface area contributed by atoms with E-state index >= 15 is 0 Å². The van der Waals surface area contributed by atoms with E-state index in [1.165, 1.54) is 11.1 Å². The number of aromatic nitrogens is 2. The molecular formula is C17H21ClN2. The van der Waals surface area contributed by atoms with Crippen LogP contribution in [-0.2, 0) is 6.54 Å². The highest BCUT2D eigenvalue weighted by Crippen LogP contribution is 2.20. The van der Waals surface area contributed by atoms with Crippen molar-refractivity contribution in [3.05, 3.63) is 52.8 Å². The average Bonchev–Trinajstić information content (AvgIpc) is 2.71. The smallest absolute Gasteiger partial charge is 0.204 e. The second-order valence-electron chi connectivity index (χ2n) is 5.35. The summed E-state index contributed by atoms with van der Waals surface area (Å²) in [6.07, 6.45) is 6.70. The molecule has 1 heterocycles. The fraction of sp³-hybridized carbons (Fsp3) is 0.353. The number of hydrogen-bond acceptors (Lipinski definition) is 1. The summed E-state index contributed by atoms with van der Waals surface area (Å²) >= 11 is 6.21. The molecule has 3 heteroatoms. The summed E-state index contributed by atoms with van der Waals surface area (Å²) in [5.74, 6) is 0. The van der Waals surface area contributed by atoms with Gasteiger partial charge in [0.15, 0.2) is 0 Å². The van der Waals surface area contributed by atoms with Crippen LogP contribution in [0.4, 0.5) is 0 Å². The standard InChI is InChI=1S/C17H21ClN2/c1-13(2)7-6-8-14(3)11-12-20-16-10-5-4-9-15(16)19-17(20)18/h4-5,7,9-11H,6,8,12H2,1-3H3/b14-11+. The molecule has 2 rings (SSSR count). The maximum atomic E-state index is 6.21. The zero-order valence-corrected chi connectivity index (χ0v) is 13.1. The molecule has 0 spiro atoms. The lowest BCUT2D eigenvalue weighted by atomic mass is 10.1. The number of nitrogens with zero attached hydrogens (tertiary/aromatic N) is 2. The number of allylic oxidation sites excluding steroid dienone is 4. The van der Waals surface area contributed by atoms with Crippen molar-refractivity contribution in [1.29, 1.82) is 0 Å². The minimum absolute atomic E-state index is 0.555. The van der Waals surface area contributed by atoms with Crippen LogP contribution < -0.4 is 0 Å². The Hall–Kier alpha value is -1.54. The fourth-order valence-corrected chi connectivity index (χ4v) is 2.41. The summed E-state index contributed by atoms with van der Waals surface area (Å²) in [5.41, 5.74) is 4.80. The van der Waals surface area contributed by atoms with Crippen molar-refractivity contribution < 1.29 is 0 Å². The van der Waals surface area contributed by atoms with Crippen molar-refractivity contribution in [2.75, 3.05) is 0 Å². The number of para-hydroxylation sites is 2. The molecule has 0 saturated carbocycles. The van der Waals surface area contributed by atoms with Gasteiger partial charge in [-0.15, -0.1) is 0 Å². The van der Waals surface area contributed by atoms with Crippen molar-refractivity contribution in [2.24, 2.45) is 0 Å². The van der Waals surface area contributed by atoms with Gasteiger partial charge in [-0.25, -0.2) is 4.98 Å². The van der Waals surface area contributed by atoms with Crippen LogP contribution in [0.3, 0.4) is 0 Å². The molecule has 2 nitrogen and oxygen atoms in total. The molecule has 0 aliphatic carbocycles. The zero-order valence-electron chi connectivity index (χ0n) is 12.4. The number of rotatable bonds is 5. The van der Waals surface area contributed by atoms with Crippen LogP contribution in [0.25, 0.3) is 11.0 Å². The molecule has 0 N–H and O–H groups in total. The second kappa shape index (κ2) is 6.76. The molecule has 1 aromatic carbocycles. The van der Waals surface area contributed by atoms with Crippen LogP contribution in [0.15, 0.2) is 47.6 Å². The Bertz CT molecular complexity index is 646. The van der Waals surface area contributed by atoms with E-state index < -0.39 is 0 Å². The second-order valence-corrected chi connectivity index (χ2v) is 5.69. The Balaban J connectivity index is 2.08. The normalized spacial score (nSPS) is 11.9. The van der Waals surface area contributed by atoms with Crippen molar-refractivity contribution in [1.82, 2.24) is 9.55 Å². The SMILES string of the molecule is CC(C)=CCC/C(C)=C/Cn1c(Cl)nc2ccccc21. The van der Waals surface area contributed by atoms with E-state index in [4.69, 9.17) is 11.6 Å². The molecule has 0 atom stereocenters. The average molecular weight is 289 g/mol. The lowest BCUT2D eigenvalue weighted by Crippen LogP contribution is -1.96. The van der Waals surface area contributed by atoms with Crippen LogP contribution >= 0.6 is 11.6 Å². The van der Waals surface area contributed by atoms with Crippen molar-refractivity contribution >= 4 is 22.6 Å². The van der Waals surface area contributed by atoms with E-state index in [1.54, 1.807) is 0 Å². The molecule has 0 radical (unpaired) electrons. The van der Waals surface area contributed by atoms with Gasteiger partial charge in [0.2, 0.25) is 5.28 Å². The molecule has 0 bridgehead atoms. The molecule has 20 heavy (non-hydrogen) atoms. The lowest BCUT2D eigenvalue weighted by molar-refractivity contribution is 0.831. The van der Waals surface area contributed by atoms with Crippen LogP contribution in [0.2, 0.25) is 5.28 Å². The molecule has 0 saturated heterocycles. The maximum absolute atomic E-state index is 6.21. The van der Waals surface area contributed by atoms with Gasteiger partial charge in [0, 0.05) is 6.54 Å². The third-order valence-electron chi connectivity index (χ3n) is 3.32. The predicted molar refractivity (Wildman–Crippen MR) is 87.2 cm³/mol. The molecule has 1 aromatic heterocycles. The first kappa shape index (κ1) is 14.9. The van der Waals surface area contributed by atoms with Crippen molar-refractivity contribution in [3.63, 3.8) is 0 Å². The number of benzene rings is 1. The van der Waals surface area contributed by atoms with Gasteiger partial charge >= 0.3 is 0 Å². The van der Waals surface area contributed by atoms with Gasteiger partial charge in [-0.3, -0.25) is 0 Å². The third kappa shape index (κ3) is 3.73. The highest BCUT2D eigenvalue weighted by molar-refractivity contribution is 6.29. The van der Waals surface area contributed by atoms with E-state index in [0.717, 1.165) is 30.4 Å². The Morgan fingerprint density at radius 3 is 2.70 bits per heavy atom. The van der Waals surface area contributed by atoms with E-state index in [9.17, 15) is 0 Å². The van der Waals surface area contributed by atoms with E-state index in [0.29, 0.717) is 5.28 Å². The Morgan fingerprint density at radius 2 is 1.95 bits per heavy atom. The highest BCUT2D eigenvalue weighted by Gasteiger charge is 2.06. The monoisotopic (exact) mass is 288 g/mol. The number of imidazole rings is 1. The Kier molecular flexibility index (Phi) is 5.02. The summed E-state index contributed by atoms with van der Waals surface area (Å²) in [6, 6.07) is 8.04. The zero-order chi connectivity index (χ0) is 14.5. The van der Waals surface area contributed by atoms with E-state index in [1.807, 2.05) is 22.8 Å². The van der Waals surface area contributed by atoms with Gasteiger partial charge < -0.3 is 4.57 Å². The summed E-state index contributed by atoms with van der Waals surface area (Å²) in [5, 5.41) is 0.555. The summed E-state index contributed by atoms with van der Waals surface area (Å²) in [7, 11) is 0.